The molecule has 26 heavy (non-hydrogen) atoms. The molecule has 1 aromatic carbocycles. The number of nitrogens with zero attached hydrogens (tertiary/aromatic N) is 4. The van der Waals surface area contributed by atoms with Crippen molar-refractivity contribution < 1.29 is 17.6 Å². The molecule has 1 amide bonds. The third-order valence-electron chi connectivity index (χ3n) is 4.17. The second-order valence-electron chi connectivity index (χ2n) is 5.93. The number of benzene rings is 1. The highest BCUT2D eigenvalue weighted by Crippen LogP contribution is 2.25. The van der Waals surface area contributed by atoms with Gasteiger partial charge in [-0.3, -0.25) is 4.79 Å². The summed E-state index contributed by atoms with van der Waals surface area (Å²) < 4.78 is 32.0. The van der Waals surface area contributed by atoms with E-state index in [4.69, 9.17) is 16.0 Å². The third kappa shape index (κ3) is 4.05. The molecule has 3 rings (SSSR count). The molecule has 2 aromatic rings. The molecule has 0 aliphatic carbocycles. The molecule has 1 fully saturated rings. The van der Waals surface area contributed by atoms with Gasteiger partial charge in [-0.2, -0.15) is 4.31 Å². The molecule has 10 heteroatoms. The quantitative estimate of drug-likeness (QED) is 0.757. The third-order valence-corrected chi connectivity index (χ3v) is 6.56. The summed E-state index contributed by atoms with van der Waals surface area (Å²) in [5.41, 5.74) is 0. The molecule has 1 aliphatic heterocycles. The summed E-state index contributed by atoms with van der Waals surface area (Å²) in [4.78, 5) is 14.1. The lowest BCUT2D eigenvalue weighted by Gasteiger charge is -2.34. The zero-order valence-corrected chi connectivity index (χ0v) is 15.8. The lowest BCUT2D eigenvalue weighted by Crippen LogP contribution is -2.50. The maximum atomic E-state index is 12.7. The Labute approximate surface area is 156 Å². The van der Waals surface area contributed by atoms with Crippen LogP contribution in [0.2, 0.25) is 5.02 Å². The largest absolute Gasteiger partial charge is 0.426 e. The van der Waals surface area contributed by atoms with Crippen LogP contribution in [0.1, 0.15) is 18.2 Å². The Morgan fingerprint density at radius 3 is 2.50 bits per heavy atom. The van der Waals surface area contributed by atoms with Gasteiger partial charge in [-0.05, 0) is 12.1 Å². The van der Waals surface area contributed by atoms with Crippen molar-refractivity contribution in [3.05, 3.63) is 41.1 Å². The van der Waals surface area contributed by atoms with E-state index in [-0.39, 0.29) is 35.3 Å². The van der Waals surface area contributed by atoms with Gasteiger partial charge in [-0.15, -0.1) is 10.2 Å². The average molecular weight is 399 g/mol. The Balaban J connectivity index is 1.57. The lowest BCUT2D eigenvalue weighted by molar-refractivity contribution is -0.132. The Hall–Kier alpha value is -1.97. The number of amides is 1. The van der Waals surface area contributed by atoms with Gasteiger partial charge < -0.3 is 9.32 Å². The normalized spacial score (nSPS) is 16.0. The monoisotopic (exact) mass is 398 g/mol. The van der Waals surface area contributed by atoms with Crippen molar-refractivity contribution in [3.8, 4) is 0 Å². The zero-order chi connectivity index (χ0) is 18.7. The summed E-state index contributed by atoms with van der Waals surface area (Å²) in [6, 6.07) is 6.36. The van der Waals surface area contributed by atoms with Crippen molar-refractivity contribution in [2.45, 2.75) is 24.7 Å². The first kappa shape index (κ1) is 18.8. The van der Waals surface area contributed by atoms with Crippen LogP contribution in [0.3, 0.4) is 0 Å². The van der Waals surface area contributed by atoms with Crippen molar-refractivity contribution in [1.29, 1.82) is 0 Å². The highest BCUT2D eigenvalue weighted by atomic mass is 35.5. The zero-order valence-electron chi connectivity index (χ0n) is 14.3. The van der Waals surface area contributed by atoms with Gasteiger partial charge in [-0.1, -0.05) is 23.7 Å². The van der Waals surface area contributed by atoms with Crippen molar-refractivity contribution in [2.75, 3.05) is 26.2 Å². The van der Waals surface area contributed by atoms with Crippen LogP contribution in [0.25, 0.3) is 0 Å². The maximum absolute atomic E-state index is 12.7. The maximum Gasteiger partial charge on any atom is 0.244 e. The van der Waals surface area contributed by atoms with Gasteiger partial charge in [0.05, 0.1) is 5.02 Å². The van der Waals surface area contributed by atoms with Gasteiger partial charge in [0.1, 0.15) is 4.90 Å². The van der Waals surface area contributed by atoms with E-state index in [1.54, 1.807) is 30.0 Å². The van der Waals surface area contributed by atoms with E-state index in [1.165, 1.54) is 10.4 Å². The summed E-state index contributed by atoms with van der Waals surface area (Å²) in [6.07, 6.45) is 0.622. The van der Waals surface area contributed by atoms with Crippen LogP contribution in [-0.2, 0) is 21.2 Å². The van der Waals surface area contributed by atoms with E-state index in [1.807, 2.05) is 0 Å². The summed E-state index contributed by atoms with van der Waals surface area (Å²) in [7, 11) is -3.66. The highest BCUT2D eigenvalue weighted by Gasteiger charge is 2.31. The van der Waals surface area contributed by atoms with Crippen LogP contribution in [0, 0.1) is 6.92 Å². The molecule has 1 aliphatic rings. The number of carbonyl (C=O) groups is 1. The Morgan fingerprint density at radius 2 is 1.88 bits per heavy atom. The number of piperazine rings is 1. The van der Waals surface area contributed by atoms with E-state index in [9.17, 15) is 13.2 Å². The van der Waals surface area contributed by atoms with E-state index < -0.39 is 10.0 Å². The van der Waals surface area contributed by atoms with Crippen molar-refractivity contribution >= 4 is 27.5 Å². The first-order valence-electron chi connectivity index (χ1n) is 8.19. The minimum Gasteiger partial charge on any atom is -0.426 e. The molecule has 1 saturated heterocycles. The fourth-order valence-electron chi connectivity index (χ4n) is 2.78. The number of halogens is 1. The lowest BCUT2D eigenvalue weighted by atomic mass is 10.2. The van der Waals surface area contributed by atoms with Crippen LogP contribution in [0.5, 0.6) is 0 Å². The number of rotatable bonds is 5. The van der Waals surface area contributed by atoms with Crippen molar-refractivity contribution in [2.24, 2.45) is 0 Å². The van der Waals surface area contributed by atoms with Crippen LogP contribution in [-0.4, -0.2) is 59.9 Å². The molecule has 0 spiro atoms. The molecular weight excluding hydrogens is 380 g/mol. The molecule has 0 saturated carbocycles. The topological polar surface area (TPSA) is 96.6 Å². The number of sulfonamides is 1. The Kier molecular flexibility index (Phi) is 5.59. The van der Waals surface area contributed by atoms with Gasteiger partial charge >= 0.3 is 0 Å². The molecular formula is C16H19ClN4O4S. The van der Waals surface area contributed by atoms with Gasteiger partial charge in [0.25, 0.3) is 0 Å². The number of hydrogen-bond acceptors (Lipinski definition) is 6. The standard InChI is InChI=1S/C16H19ClN4O4S/c1-12-18-19-15(25-12)6-7-16(22)20-8-10-21(11-9-20)26(23,24)14-5-3-2-4-13(14)17/h2-5H,6-11H2,1H3. The fourth-order valence-corrected chi connectivity index (χ4v) is 4.70. The molecule has 1 aromatic heterocycles. The van der Waals surface area contributed by atoms with Crippen LogP contribution in [0.15, 0.2) is 33.6 Å². The summed E-state index contributed by atoms with van der Waals surface area (Å²) in [5.74, 6) is 0.831. The van der Waals surface area contributed by atoms with E-state index in [0.717, 1.165) is 0 Å². The van der Waals surface area contributed by atoms with E-state index in [0.29, 0.717) is 31.3 Å². The van der Waals surface area contributed by atoms with E-state index in [2.05, 4.69) is 10.2 Å². The SMILES string of the molecule is Cc1nnc(CCC(=O)N2CCN(S(=O)(=O)c3ccccc3Cl)CC2)o1. The molecule has 0 radical (unpaired) electrons. The Bertz CT molecular complexity index is 891. The summed E-state index contributed by atoms with van der Waals surface area (Å²) in [5, 5.41) is 7.78. The first-order valence-corrected chi connectivity index (χ1v) is 10.0. The molecule has 2 heterocycles. The summed E-state index contributed by atoms with van der Waals surface area (Å²) >= 11 is 6.02. The first-order chi connectivity index (χ1) is 12.4. The van der Waals surface area contributed by atoms with Crippen LogP contribution in [0.4, 0.5) is 0 Å². The van der Waals surface area contributed by atoms with Gasteiger partial charge in [0.15, 0.2) is 0 Å². The average Bonchev–Trinajstić information content (AvgIpc) is 3.05. The minimum atomic E-state index is -3.66. The second-order valence-corrected chi connectivity index (χ2v) is 8.24. The fraction of sp³-hybridized carbons (Fsp3) is 0.438. The molecule has 0 N–H and O–H groups in total. The number of aryl methyl sites for hydroxylation is 2. The molecule has 8 nitrogen and oxygen atoms in total. The molecule has 0 unspecified atom stereocenters. The van der Waals surface area contributed by atoms with Gasteiger partial charge in [-0.25, -0.2) is 8.42 Å². The van der Waals surface area contributed by atoms with Crippen molar-refractivity contribution in [1.82, 2.24) is 19.4 Å². The molecule has 0 bridgehead atoms. The molecule has 0 atom stereocenters. The second kappa shape index (κ2) is 7.73. The van der Waals surface area contributed by atoms with Gasteiger partial charge in [0, 0.05) is 45.9 Å². The van der Waals surface area contributed by atoms with E-state index >= 15 is 0 Å². The van der Waals surface area contributed by atoms with Gasteiger partial charge in [0.2, 0.25) is 27.7 Å². The Morgan fingerprint density at radius 1 is 1.19 bits per heavy atom. The smallest absolute Gasteiger partial charge is 0.244 e. The number of hydrogen-bond donors (Lipinski definition) is 0. The van der Waals surface area contributed by atoms with Crippen LogP contribution >= 0.6 is 11.6 Å². The number of carbonyl (C=O) groups excluding carboxylic acids is 1. The van der Waals surface area contributed by atoms with Crippen LogP contribution < -0.4 is 0 Å². The predicted octanol–water partition coefficient (Wildman–Crippen LogP) is 1.50. The highest BCUT2D eigenvalue weighted by molar-refractivity contribution is 7.89. The van der Waals surface area contributed by atoms with Crippen molar-refractivity contribution in [3.63, 3.8) is 0 Å². The molecule has 140 valence electrons. The minimum absolute atomic E-state index is 0.0596. The number of aromatic nitrogens is 2. The predicted molar refractivity (Wildman–Crippen MR) is 94.1 cm³/mol. The summed E-state index contributed by atoms with van der Waals surface area (Å²) in [6.45, 7) is 2.84.